The van der Waals surface area contributed by atoms with E-state index in [9.17, 15) is 4.79 Å². The van der Waals surface area contributed by atoms with Crippen molar-refractivity contribution in [3.8, 4) is 0 Å². The van der Waals surface area contributed by atoms with Crippen LogP contribution in [0.2, 0.25) is 0 Å². The molecule has 0 aliphatic carbocycles. The average molecular weight is 256 g/mol. The van der Waals surface area contributed by atoms with Gasteiger partial charge in [0.1, 0.15) is 6.10 Å². The Bertz CT molecular complexity index is 238. The van der Waals surface area contributed by atoms with Crippen LogP contribution >= 0.6 is 0 Å². The van der Waals surface area contributed by atoms with Crippen molar-refractivity contribution in [2.24, 2.45) is 0 Å². The van der Waals surface area contributed by atoms with Crippen molar-refractivity contribution in [2.45, 2.75) is 58.6 Å². The molecule has 0 aromatic carbocycles. The van der Waals surface area contributed by atoms with Crippen molar-refractivity contribution >= 4 is 5.91 Å². The number of carbonyl (C=O) groups excluding carboxylic acids is 1. The van der Waals surface area contributed by atoms with E-state index in [2.05, 4.69) is 19.2 Å². The number of hydrogen-bond donors (Lipinski definition) is 1. The molecule has 18 heavy (non-hydrogen) atoms. The number of nitrogens with one attached hydrogen (secondary N) is 1. The average Bonchev–Trinajstić information content (AvgIpc) is 2.38. The molecule has 1 rings (SSSR count). The summed E-state index contributed by atoms with van der Waals surface area (Å²) >= 11 is 0. The number of rotatable bonds is 7. The molecule has 106 valence electrons. The van der Waals surface area contributed by atoms with Crippen molar-refractivity contribution in [2.75, 3.05) is 26.2 Å². The number of amides is 1. The van der Waals surface area contributed by atoms with E-state index in [0.29, 0.717) is 12.6 Å². The Morgan fingerprint density at radius 2 is 1.89 bits per heavy atom. The van der Waals surface area contributed by atoms with Gasteiger partial charge >= 0.3 is 0 Å². The Hall–Kier alpha value is -0.610. The lowest BCUT2D eigenvalue weighted by Gasteiger charge is -2.29. The van der Waals surface area contributed by atoms with E-state index in [1.807, 2.05) is 11.8 Å². The van der Waals surface area contributed by atoms with Gasteiger partial charge in [-0.1, -0.05) is 13.8 Å². The molecule has 1 N–H and O–H groups in total. The molecule has 0 bridgehead atoms. The molecule has 0 radical (unpaired) electrons. The van der Waals surface area contributed by atoms with Crippen LogP contribution in [0, 0.1) is 0 Å². The molecule has 1 fully saturated rings. The maximum atomic E-state index is 12.1. The molecule has 0 spiro atoms. The minimum atomic E-state index is -0.290. The molecule has 0 aromatic rings. The van der Waals surface area contributed by atoms with Gasteiger partial charge in [0, 0.05) is 25.7 Å². The summed E-state index contributed by atoms with van der Waals surface area (Å²) in [5.74, 6) is 0.159. The number of hydrogen-bond acceptors (Lipinski definition) is 3. The highest BCUT2D eigenvalue weighted by molar-refractivity contribution is 5.80. The fraction of sp³-hybridized carbons (Fsp3) is 0.929. The van der Waals surface area contributed by atoms with E-state index in [1.165, 1.54) is 6.42 Å². The third kappa shape index (κ3) is 5.83. The van der Waals surface area contributed by atoms with Gasteiger partial charge in [-0.15, -0.1) is 0 Å². The summed E-state index contributed by atoms with van der Waals surface area (Å²) in [4.78, 5) is 14.0. The molecular weight excluding hydrogens is 228 g/mol. The maximum Gasteiger partial charge on any atom is 0.251 e. The van der Waals surface area contributed by atoms with Crippen LogP contribution in [0.4, 0.5) is 0 Å². The first kappa shape index (κ1) is 15.4. The third-order valence-electron chi connectivity index (χ3n) is 3.26. The molecule has 1 atom stereocenters. The van der Waals surface area contributed by atoms with Crippen molar-refractivity contribution < 1.29 is 9.53 Å². The predicted octanol–water partition coefficient (Wildman–Crippen LogP) is 1.79. The third-order valence-corrected chi connectivity index (χ3v) is 3.26. The Morgan fingerprint density at radius 3 is 2.50 bits per heavy atom. The van der Waals surface area contributed by atoms with Crippen LogP contribution in [0.3, 0.4) is 0 Å². The summed E-state index contributed by atoms with van der Waals surface area (Å²) in [6, 6.07) is 0.511. The van der Waals surface area contributed by atoms with Gasteiger partial charge in [-0.2, -0.15) is 0 Å². The highest BCUT2D eigenvalue weighted by atomic mass is 16.5. The van der Waals surface area contributed by atoms with Crippen LogP contribution in [0.1, 0.15) is 46.5 Å². The van der Waals surface area contributed by atoms with Gasteiger partial charge in [-0.25, -0.2) is 0 Å². The zero-order valence-corrected chi connectivity index (χ0v) is 12.1. The normalized spacial score (nSPS) is 18.1. The van der Waals surface area contributed by atoms with Gasteiger partial charge in [-0.3, -0.25) is 4.79 Å². The van der Waals surface area contributed by atoms with E-state index < -0.39 is 0 Å². The molecule has 4 nitrogen and oxygen atoms in total. The predicted molar refractivity (Wildman–Crippen MR) is 73.6 cm³/mol. The molecule has 1 saturated heterocycles. The Labute approximate surface area is 111 Å². The molecule has 0 saturated carbocycles. The molecule has 4 heteroatoms. The van der Waals surface area contributed by atoms with E-state index in [0.717, 1.165) is 38.9 Å². The Balaban J connectivity index is 2.11. The maximum absolute atomic E-state index is 12.1. The number of carbonyl (C=O) groups is 1. The second kappa shape index (κ2) is 8.48. The molecule has 1 aliphatic rings. The number of likely N-dealkylation sites (tertiary alicyclic amines) is 1. The quantitative estimate of drug-likeness (QED) is 0.706. The first-order valence-electron chi connectivity index (χ1n) is 7.25. The van der Waals surface area contributed by atoms with Crippen molar-refractivity contribution in [1.82, 2.24) is 10.2 Å². The topological polar surface area (TPSA) is 41.6 Å². The van der Waals surface area contributed by atoms with Gasteiger partial charge in [0.05, 0.1) is 0 Å². The van der Waals surface area contributed by atoms with Crippen LogP contribution < -0.4 is 5.32 Å². The van der Waals surface area contributed by atoms with E-state index >= 15 is 0 Å². The lowest BCUT2D eigenvalue weighted by atomic mass is 10.1. The lowest BCUT2D eigenvalue weighted by Crippen LogP contribution is -2.42. The molecular formula is C14H28N2O2. The summed E-state index contributed by atoms with van der Waals surface area (Å²) in [6.07, 6.45) is 4.19. The highest BCUT2D eigenvalue weighted by Gasteiger charge is 2.22. The van der Waals surface area contributed by atoms with Crippen LogP contribution in [-0.4, -0.2) is 49.2 Å². The second-order valence-electron chi connectivity index (χ2n) is 5.36. The van der Waals surface area contributed by atoms with Gasteiger partial charge in [0.25, 0.3) is 5.91 Å². The van der Waals surface area contributed by atoms with Crippen molar-refractivity contribution in [3.05, 3.63) is 0 Å². The summed E-state index contributed by atoms with van der Waals surface area (Å²) in [5, 5.41) is 3.34. The zero-order valence-electron chi connectivity index (χ0n) is 12.1. The monoisotopic (exact) mass is 256 g/mol. The van der Waals surface area contributed by atoms with Crippen LogP contribution in [0.5, 0.6) is 0 Å². The van der Waals surface area contributed by atoms with Crippen molar-refractivity contribution in [1.29, 1.82) is 0 Å². The zero-order chi connectivity index (χ0) is 13.4. The summed E-state index contributed by atoms with van der Waals surface area (Å²) < 4.78 is 5.61. The fourth-order valence-electron chi connectivity index (χ4n) is 2.17. The van der Waals surface area contributed by atoms with Crippen molar-refractivity contribution in [3.63, 3.8) is 0 Å². The molecule has 1 unspecified atom stereocenters. The van der Waals surface area contributed by atoms with Gasteiger partial charge in [-0.05, 0) is 39.2 Å². The highest BCUT2D eigenvalue weighted by Crippen LogP contribution is 2.11. The SMILES string of the molecule is CC(C)NCCCOC(C)C(=O)N1CCCCC1. The van der Waals surface area contributed by atoms with Gasteiger partial charge in [0.15, 0.2) is 0 Å². The largest absolute Gasteiger partial charge is 0.369 e. The molecule has 1 aliphatic heterocycles. The summed E-state index contributed by atoms with van der Waals surface area (Å²) in [7, 11) is 0. The lowest BCUT2D eigenvalue weighted by molar-refractivity contribution is -0.143. The summed E-state index contributed by atoms with van der Waals surface area (Å²) in [6.45, 7) is 9.53. The minimum Gasteiger partial charge on any atom is -0.369 e. The second-order valence-corrected chi connectivity index (χ2v) is 5.36. The molecule has 0 aromatic heterocycles. The number of piperidine rings is 1. The first-order chi connectivity index (χ1) is 8.61. The molecule has 1 heterocycles. The van der Waals surface area contributed by atoms with Gasteiger partial charge in [0.2, 0.25) is 0 Å². The standard InChI is InChI=1S/C14H28N2O2/c1-12(2)15-8-7-11-18-13(3)14(17)16-9-5-4-6-10-16/h12-13,15H,4-11H2,1-3H3. The van der Waals surface area contributed by atoms with E-state index in [4.69, 9.17) is 4.74 Å². The summed E-state index contributed by atoms with van der Waals surface area (Å²) in [5.41, 5.74) is 0. The number of ether oxygens (including phenoxy) is 1. The smallest absolute Gasteiger partial charge is 0.251 e. The Kier molecular flexibility index (Phi) is 7.28. The van der Waals surface area contributed by atoms with Crippen LogP contribution in [-0.2, 0) is 9.53 Å². The number of nitrogens with zero attached hydrogens (tertiary/aromatic N) is 1. The minimum absolute atomic E-state index is 0.159. The first-order valence-corrected chi connectivity index (χ1v) is 7.25. The van der Waals surface area contributed by atoms with Crippen LogP contribution in [0.15, 0.2) is 0 Å². The van der Waals surface area contributed by atoms with Gasteiger partial charge < -0.3 is 15.0 Å². The van der Waals surface area contributed by atoms with Crippen LogP contribution in [0.25, 0.3) is 0 Å². The fourth-order valence-corrected chi connectivity index (χ4v) is 2.17. The Morgan fingerprint density at radius 1 is 1.22 bits per heavy atom. The molecule has 1 amide bonds. The van der Waals surface area contributed by atoms with E-state index in [1.54, 1.807) is 0 Å². The van der Waals surface area contributed by atoms with E-state index in [-0.39, 0.29) is 12.0 Å².